The molecule has 2 saturated heterocycles. The number of carbonyl (C=O) groups excluding carboxylic acids is 1. The monoisotopic (exact) mass is 405 g/mol. The molecule has 2 aliphatic rings. The van der Waals surface area contributed by atoms with Crippen LogP contribution in [0.2, 0.25) is 0 Å². The number of rotatable bonds is 4. The van der Waals surface area contributed by atoms with E-state index in [0.29, 0.717) is 26.2 Å². The van der Waals surface area contributed by atoms with Crippen molar-refractivity contribution in [3.63, 3.8) is 0 Å². The van der Waals surface area contributed by atoms with Crippen molar-refractivity contribution in [3.05, 3.63) is 63.7 Å². The van der Waals surface area contributed by atoms with Gasteiger partial charge in [0.05, 0.1) is 11.5 Å². The molecule has 4 rings (SSSR count). The summed E-state index contributed by atoms with van der Waals surface area (Å²) >= 11 is 0. The number of hydrogen-bond donors (Lipinski definition) is 0. The van der Waals surface area contributed by atoms with Crippen molar-refractivity contribution in [2.45, 2.75) is 19.5 Å². The highest BCUT2D eigenvalue weighted by Gasteiger charge is 2.38. The molecule has 2 aliphatic heterocycles. The molecule has 0 radical (unpaired) electrons. The van der Waals surface area contributed by atoms with Crippen LogP contribution in [0.15, 0.2) is 42.5 Å². The van der Waals surface area contributed by atoms with Crippen molar-refractivity contribution in [2.75, 3.05) is 32.7 Å². The van der Waals surface area contributed by atoms with E-state index in [0.717, 1.165) is 35.3 Å². The number of fused-ring (bicyclic) bond motifs is 1. The van der Waals surface area contributed by atoms with Gasteiger partial charge in [-0.25, -0.2) is 0 Å². The number of amides is 1. The largest absolute Gasteiger partial charge is 0.336 e. The summed E-state index contributed by atoms with van der Waals surface area (Å²) in [5, 5.41) is 20.2. The first kappa shape index (κ1) is 19.9. The van der Waals surface area contributed by atoms with Crippen LogP contribution in [0.3, 0.4) is 0 Å². The quantitative estimate of drug-likeness (QED) is 0.440. The van der Waals surface area contributed by atoms with Crippen LogP contribution >= 0.6 is 0 Å². The van der Waals surface area contributed by atoms with Crippen LogP contribution in [0.25, 0.3) is 11.1 Å². The van der Waals surface area contributed by atoms with E-state index in [1.165, 1.54) is 6.07 Å². The van der Waals surface area contributed by atoms with Crippen molar-refractivity contribution in [2.24, 2.45) is 0 Å². The van der Waals surface area contributed by atoms with E-state index in [1.807, 2.05) is 36.1 Å². The Morgan fingerprint density at radius 3 is 2.63 bits per heavy atom. The molecular weight excluding hydrogens is 382 g/mol. The van der Waals surface area contributed by atoms with Crippen LogP contribution in [-0.2, 0) is 11.3 Å². The zero-order valence-electron chi connectivity index (χ0n) is 16.8. The van der Waals surface area contributed by atoms with E-state index in [9.17, 15) is 14.9 Å². The standard InChI is InChI=1S/C22H23N5O3/c1-16-11-18(17-3-2-4-20(12-17)27(29)30)5-6-19(16)13-26-10-9-25-8-7-24(15-23)14-21(25)22(26)28/h2-6,11-12,21H,7-10,13-14H2,1H3. The van der Waals surface area contributed by atoms with Gasteiger partial charge in [0, 0.05) is 44.9 Å². The lowest BCUT2D eigenvalue weighted by Gasteiger charge is -2.45. The van der Waals surface area contributed by atoms with E-state index < -0.39 is 4.92 Å². The molecule has 0 spiro atoms. The number of non-ortho nitro benzene ring substituents is 1. The fraction of sp³-hybridized carbons (Fsp3) is 0.364. The lowest BCUT2D eigenvalue weighted by atomic mass is 9.98. The third-order valence-electron chi connectivity index (χ3n) is 5.98. The Balaban J connectivity index is 1.50. The summed E-state index contributed by atoms with van der Waals surface area (Å²) in [5.41, 5.74) is 3.86. The van der Waals surface area contributed by atoms with Crippen LogP contribution in [0.4, 0.5) is 5.69 Å². The zero-order valence-corrected chi connectivity index (χ0v) is 16.8. The molecule has 1 amide bonds. The first-order chi connectivity index (χ1) is 14.5. The molecule has 0 aliphatic carbocycles. The Kier molecular flexibility index (Phi) is 5.38. The smallest absolute Gasteiger partial charge is 0.270 e. The molecule has 30 heavy (non-hydrogen) atoms. The number of benzene rings is 2. The number of piperazine rings is 2. The van der Waals surface area contributed by atoms with E-state index in [2.05, 4.69) is 11.1 Å². The second kappa shape index (κ2) is 8.13. The summed E-state index contributed by atoms with van der Waals surface area (Å²) in [5.74, 6) is 0.0726. The third-order valence-corrected chi connectivity index (χ3v) is 5.98. The predicted molar refractivity (Wildman–Crippen MR) is 111 cm³/mol. The number of carbonyl (C=O) groups is 1. The molecule has 1 unspecified atom stereocenters. The summed E-state index contributed by atoms with van der Waals surface area (Å²) in [6, 6.07) is 12.3. The van der Waals surface area contributed by atoms with Crippen molar-refractivity contribution in [1.82, 2.24) is 14.7 Å². The summed E-state index contributed by atoms with van der Waals surface area (Å²) < 4.78 is 0. The fourth-order valence-electron chi connectivity index (χ4n) is 4.20. The molecule has 0 bridgehead atoms. The van der Waals surface area contributed by atoms with Crippen LogP contribution in [0.1, 0.15) is 11.1 Å². The lowest BCUT2D eigenvalue weighted by molar-refractivity contribution is -0.384. The van der Waals surface area contributed by atoms with Crippen LogP contribution < -0.4 is 0 Å². The van der Waals surface area contributed by atoms with Gasteiger partial charge in [0.1, 0.15) is 6.04 Å². The third kappa shape index (κ3) is 3.84. The highest BCUT2D eigenvalue weighted by Crippen LogP contribution is 2.27. The van der Waals surface area contributed by atoms with Gasteiger partial charge in [-0.1, -0.05) is 30.3 Å². The summed E-state index contributed by atoms with van der Waals surface area (Å²) in [7, 11) is 0. The highest BCUT2D eigenvalue weighted by molar-refractivity contribution is 5.83. The van der Waals surface area contributed by atoms with Crippen LogP contribution in [0, 0.1) is 28.5 Å². The maximum Gasteiger partial charge on any atom is 0.270 e. The van der Waals surface area contributed by atoms with Gasteiger partial charge in [0.2, 0.25) is 5.91 Å². The summed E-state index contributed by atoms with van der Waals surface area (Å²) in [6.45, 7) is 5.89. The maximum absolute atomic E-state index is 13.0. The molecule has 1 atom stereocenters. The van der Waals surface area contributed by atoms with Gasteiger partial charge in [0.25, 0.3) is 5.69 Å². The highest BCUT2D eigenvalue weighted by atomic mass is 16.6. The maximum atomic E-state index is 13.0. The number of nitro benzene ring substituents is 1. The average Bonchev–Trinajstić information content (AvgIpc) is 2.76. The number of nitrogens with zero attached hydrogens (tertiary/aromatic N) is 5. The lowest BCUT2D eigenvalue weighted by Crippen LogP contribution is -2.63. The van der Waals surface area contributed by atoms with Crippen molar-refractivity contribution >= 4 is 11.6 Å². The molecular formula is C22H23N5O3. The molecule has 0 aromatic heterocycles. The molecule has 2 aromatic carbocycles. The van der Waals surface area contributed by atoms with Crippen molar-refractivity contribution in [1.29, 1.82) is 5.26 Å². The van der Waals surface area contributed by atoms with Crippen molar-refractivity contribution < 1.29 is 9.72 Å². The average molecular weight is 405 g/mol. The second-order valence-electron chi connectivity index (χ2n) is 7.81. The Labute approximate surface area is 175 Å². The Hall–Kier alpha value is -3.44. The summed E-state index contributed by atoms with van der Waals surface area (Å²) in [6.07, 6.45) is 2.16. The molecule has 0 saturated carbocycles. The minimum atomic E-state index is -0.394. The van der Waals surface area contributed by atoms with Gasteiger partial charge >= 0.3 is 0 Å². The van der Waals surface area contributed by atoms with Crippen LogP contribution in [0.5, 0.6) is 0 Å². The SMILES string of the molecule is Cc1cc(-c2cccc([N+](=O)[O-])c2)ccc1CN1CCN2CCN(C#N)CC2C1=O. The normalized spacial score (nSPS) is 19.3. The Morgan fingerprint density at radius 1 is 1.13 bits per heavy atom. The molecule has 8 heteroatoms. The first-order valence-electron chi connectivity index (χ1n) is 9.98. The minimum Gasteiger partial charge on any atom is -0.336 e. The van der Waals surface area contributed by atoms with Gasteiger partial charge in [0.15, 0.2) is 6.19 Å². The molecule has 0 N–H and O–H groups in total. The zero-order chi connectivity index (χ0) is 21.3. The summed E-state index contributed by atoms with van der Waals surface area (Å²) in [4.78, 5) is 29.4. The molecule has 8 nitrogen and oxygen atoms in total. The Bertz CT molecular complexity index is 1030. The van der Waals surface area contributed by atoms with E-state index in [1.54, 1.807) is 17.0 Å². The predicted octanol–water partition coefficient (Wildman–Crippen LogP) is 2.38. The van der Waals surface area contributed by atoms with Gasteiger partial charge < -0.3 is 9.80 Å². The van der Waals surface area contributed by atoms with Crippen molar-refractivity contribution in [3.8, 4) is 17.3 Å². The van der Waals surface area contributed by atoms with Gasteiger partial charge in [-0.05, 0) is 29.2 Å². The minimum absolute atomic E-state index is 0.0663. The molecule has 2 fully saturated rings. The van der Waals surface area contributed by atoms with E-state index in [4.69, 9.17) is 5.26 Å². The molecule has 2 aromatic rings. The first-order valence-corrected chi connectivity index (χ1v) is 9.98. The topological polar surface area (TPSA) is 93.7 Å². The van der Waals surface area contributed by atoms with Gasteiger partial charge in [-0.15, -0.1) is 0 Å². The number of hydrogen-bond acceptors (Lipinski definition) is 6. The van der Waals surface area contributed by atoms with Gasteiger partial charge in [-0.2, -0.15) is 5.26 Å². The Morgan fingerprint density at radius 2 is 1.90 bits per heavy atom. The fourth-order valence-corrected chi connectivity index (χ4v) is 4.20. The number of nitriles is 1. The second-order valence-corrected chi connectivity index (χ2v) is 7.81. The van der Waals surface area contributed by atoms with Gasteiger partial charge in [-0.3, -0.25) is 19.8 Å². The van der Waals surface area contributed by atoms with E-state index in [-0.39, 0.29) is 17.6 Å². The van der Waals surface area contributed by atoms with E-state index >= 15 is 0 Å². The molecule has 2 heterocycles. The van der Waals surface area contributed by atoms with Crippen LogP contribution in [-0.4, -0.2) is 64.3 Å². The molecule has 154 valence electrons. The number of nitro groups is 1. The number of aryl methyl sites for hydroxylation is 1.